The van der Waals surface area contributed by atoms with Crippen molar-refractivity contribution in [3.05, 3.63) is 80.4 Å². The second-order valence-corrected chi connectivity index (χ2v) is 7.24. The van der Waals surface area contributed by atoms with E-state index in [1.165, 1.54) is 12.1 Å². The molecule has 2 rings (SSSR count). The number of hydrogen-bond acceptors (Lipinski definition) is 6. The van der Waals surface area contributed by atoms with Crippen LogP contribution in [-0.2, 0) is 10.0 Å². The van der Waals surface area contributed by atoms with Gasteiger partial charge < -0.3 is 0 Å². The van der Waals surface area contributed by atoms with E-state index in [4.69, 9.17) is 11.6 Å². The van der Waals surface area contributed by atoms with Crippen molar-refractivity contribution in [2.75, 3.05) is 10.8 Å². The molecule has 0 heterocycles. The van der Waals surface area contributed by atoms with E-state index in [1.807, 2.05) is 0 Å². The molecule has 0 aliphatic carbocycles. The minimum Gasteiger partial charge on any atom is -0.261 e. The molecule has 0 saturated carbocycles. The Labute approximate surface area is 153 Å². The first-order valence-electron chi connectivity index (χ1n) is 7.00. The zero-order valence-electron chi connectivity index (χ0n) is 13.1. The first-order chi connectivity index (χ1) is 12.2. The van der Waals surface area contributed by atoms with Gasteiger partial charge in [-0.25, -0.2) is 8.42 Å². The molecule has 2 aromatic carbocycles. The van der Waals surface area contributed by atoms with Crippen molar-refractivity contribution < 1.29 is 18.3 Å². The predicted octanol–water partition coefficient (Wildman–Crippen LogP) is 3.54. The summed E-state index contributed by atoms with van der Waals surface area (Å²) >= 11 is 6.04. The molecule has 0 bridgehead atoms. The van der Waals surface area contributed by atoms with Crippen molar-refractivity contribution in [3.63, 3.8) is 0 Å². The molecule has 0 fully saturated rings. The van der Waals surface area contributed by atoms with Crippen molar-refractivity contribution >= 4 is 38.7 Å². The van der Waals surface area contributed by atoms with Crippen molar-refractivity contribution in [2.45, 2.75) is 4.90 Å². The van der Waals surface area contributed by atoms with Gasteiger partial charge in [-0.1, -0.05) is 17.7 Å². The maximum Gasteiger partial charge on any atom is 0.271 e. The summed E-state index contributed by atoms with van der Waals surface area (Å²) in [6.45, 7) is 3.28. The molecule has 26 heavy (non-hydrogen) atoms. The summed E-state index contributed by atoms with van der Waals surface area (Å²) in [7, 11) is -4.19. The first-order valence-corrected chi connectivity index (χ1v) is 8.82. The van der Waals surface area contributed by atoms with Crippen LogP contribution in [0.25, 0.3) is 0 Å². The van der Waals surface area contributed by atoms with Crippen LogP contribution in [0.2, 0.25) is 5.02 Å². The number of nitro groups is 2. The van der Waals surface area contributed by atoms with E-state index in [1.54, 1.807) is 0 Å². The summed E-state index contributed by atoms with van der Waals surface area (Å²) in [5, 5.41) is 21.7. The Hall–Kier alpha value is -2.98. The van der Waals surface area contributed by atoms with Crippen LogP contribution in [0, 0.1) is 20.2 Å². The van der Waals surface area contributed by atoms with Crippen LogP contribution in [0.3, 0.4) is 0 Å². The number of anilines is 1. The summed E-state index contributed by atoms with van der Waals surface area (Å²) in [4.78, 5) is 20.1. The summed E-state index contributed by atoms with van der Waals surface area (Å²) in [5.41, 5.74) is -0.705. The fourth-order valence-electron chi connectivity index (χ4n) is 2.12. The molecule has 0 spiro atoms. The van der Waals surface area contributed by atoms with Crippen LogP contribution in [-0.4, -0.2) is 24.8 Å². The van der Waals surface area contributed by atoms with E-state index in [2.05, 4.69) is 6.58 Å². The highest BCUT2D eigenvalue weighted by atomic mass is 35.5. The number of nitrogens with zero attached hydrogens (tertiary/aromatic N) is 3. The van der Waals surface area contributed by atoms with Gasteiger partial charge in [-0.3, -0.25) is 24.5 Å². The zero-order valence-corrected chi connectivity index (χ0v) is 14.7. The number of halogens is 1. The summed E-state index contributed by atoms with van der Waals surface area (Å²) < 4.78 is 26.7. The van der Waals surface area contributed by atoms with Gasteiger partial charge in [0.15, 0.2) is 0 Å². The van der Waals surface area contributed by atoms with Crippen LogP contribution in [0.1, 0.15) is 0 Å². The van der Waals surface area contributed by atoms with Crippen molar-refractivity contribution in [2.24, 2.45) is 0 Å². The van der Waals surface area contributed by atoms with E-state index in [9.17, 15) is 28.6 Å². The maximum atomic E-state index is 12.9. The van der Waals surface area contributed by atoms with Crippen LogP contribution in [0.4, 0.5) is 17.1 Å². The smallest absolute Gasteiger partial charge is 0.261 e. The fourth-order valence-corrected chi connectivity index (χ4v) is 3.83. The lowest BCUT2D eigenvalue weighted by molar-refractivity contribution is -0.385. The molecule has 0 unspecified atom stereocenters. The second-order valence-electron chi connectivity index (χ2n) is 4.97. The predicted molar refractivity (Wildman–Crippen MR) is 95.9 cm³/mol. The molecule has 0 saturated heterocycles. The van der Waals surface area contributed by atoms with Gasteiger partial charge in [0.1, 0.15) is 0 Å². The quantitative estimate of drug-likeness (QED) is 0.400. The van der Waals surface area contributed by atoms with E-state index in [0.29, 0.717) is 0 Å². The summed E-state index contributed by atoms with van der Waals surface area (Å²) in [6, 6.07) is 7.66. The fraction of sp³-hybridized carbons (Fsp3) is 0.0667. The van der Waals surface area contributed by atoms with Gasteiger partial charge in [0.25, 0.3) is 21.4 Å². The molecule has 0 aliphatic heterocycles. The Balaban J connectivity index is 2.58. The van der Waals surface area contributed by atoms with Crippen molar-refractivity contribution in [1.82, 2.24) is 0 Å². The zero-order chi connectivity index (χ0) is 19.5. The van der Waals surface area contributed by atoms with E-state index in [0.717, 1.165) is 40.7 Å². The van der Waals surface area contributed by atoms with Gasteiger partial charge in [0, 0.05) is 24.3 Å². The Bertz CT molecular complexity index is 975. The molecule has 0 atom stereocenters. The highest BCUT2D eigenvalue weighted by molar-refractivity contribution is 7.92. The third-order valence-corrected chi connectivity index (χ3v) is 5.45. The van der Waals surface area contributed by atoms with Gasteiger partial charge >= 0.3 is 0 Å². The summed E-state index contributed by atoms with van der Waals surface area (Å²) in [5.74, 6) is 0. The lowest BCUT2D eigenvalue weighted by atomic mass is 10.3. The molecular formula is C15H12ClN3O6S. The number of benzene rings is 2. The van der Waals surface area contributed by atoms with Gasteiger partial charge in [0.2, 0.25) is 0 Å². The SMILES string of the molecule is C=CCN(c1cc([N+](=O)[O-])ccc1Cl)S(=O)(=O)c1ccc([N+](=O)[O-])cc1. The largest absolute Gasteiger partial charge is 0.271 e. The molecule has 0 amide bonds. The molecule has 0 aliphatic rings. The minimum atomic E-state index is -4.19. The minimum absolute atomic E-state index is 0.0112. The lowest BCUT2D eigenvalue weighted by Gasteiger charge is -2.24. The third-order valence-electron chi connectivity index (χ3n) is 3.34. The molecule has 9 nitrogen and oxygen atoms in total. The van der Waals surface area contributed by atoms with Crippen LogP contribution in [0.5, 0.6) is 0 Å². The lowest BCUT2D eigenvalue weighted by Crippen LogP contribution is -2.31. The van der Waals surface area contributed by atoms with Crippen molar-refractivity contribution in [3.8, 4) is 0 Å². The number of non-ortho nitro benzene ring substituents is 2. The number of rotatable bonds is 7. The third kappa shape index (κ3) is 3.81. The monoisotopic (exact) mass is 397 g/mol. The van der Waals surface area contributed by atoms with Gasteiger partial charge in [-0.15, -0.1) is 6.58 Å². The molecule has 0 aromatic heterocycles. The Morgan fingerprint density at radius 1 is 1.04 bits per heavy atom. The standard InChI is InChI=1S/C15H12ClN3O6S/c1-2-9-17(15-10-12(19(22)23)5-8-14(15)16)26(24,25)13-6-3-11(4-7-13)18(20)21/h2-8,10H,1,9H2. The molecule has 2 aromatic rings. The number of sulfonamides is 1. The average Bonchev–Trinajstić information content (AvgIpc) is 2.60. The van der Waals surface area contributed by atoms with Crippen LogP contribution in [0.15, 0.2) is 60.0 Å². The average molecular weight is 398 g/mol. The topological polar surface area (TPSA) is 124 Å². The Morgan fingerprint density at radius 3 is 2.08 bits per heavy atom. The molecular weight excluding hydrogens is 386 g/mol. The second kappa shape index (κ2) is 7.50. The van der Waals surface area contributed by atoms with Crippen LogP contribution < -0.4 is 4.31 Å². The summed E-state index contributed by atoms with van der Waals surface area (Å²) in [6.07, 6.45) is 1.29. The highest BCUT2D eigenvalue weighted by Gasteiger charge is 2.27. The number of nitro benzene ring substituents is 2. The first kappa shape index (κ1) is 19.3. The van der Waals surface area contributed by atoms with Gasteiger partial charge in [0.05, 0.1) is 32.0 Å². The maximum absolute atomic E-state index is 12.9. The van der Waals surface area contributed by atoms with E-state index >= 15 is 0 Å². The van der Waals surface area contributed by atoms with Gasteiger partial charge in [-0.05, 0) is 18.2 Å². The molecule has 136 valence electrons. The normalized spacial score (nSPS) is 11.0. The van der Waals surface area contributed by atoms with E-state index < -0.39 is 19.9 Å². The Kier molecular flexibility index (Phi) is 5.58. The van der Waals surface area contributed by atoms with E-state index in [-0.39, 0.29) is 33.5 Å². The van der Waals surface area contributed by atoms with Crippen molar-refractivity contribution in [1.29, 1.82) is 0 Å². The van der Waals surface area contributed by atoms with Gasteiger partial charge in [-0.2, -0.15) is 0 Å². The highest BCUT2D eigenvalue weighted by Crippen LogP contribution is 2.34. The molecule has 0 N–H and O–H groups in total. The van der Waals surface area contributed by atoms with Crippen LogP contribution >= 0.6 is 11.6 Å². The Morgan fingerprint density at radius 2 is 1.58 bits per heavy atom. The molecule has 11 heteroatoms. The number of hydrogen-bond donors (Lipinski definition) is 0. The molecule has 0 radical (unpaired) electrons.